The van der Waals surface area contributed by atoms with Gasteiger partial charge in [-0.2, -0.15) is 0 Å². The van der Waals surface area contributed by atoms with Gasteiger partial charge in [0.25, 0.3) is 0 Å². The number of thiazole rings is 1. The van der Waals surface area contributed by atoms with Gasteiger partial charge in [-0.05, 0) is 31.9 Å². The summed E-state index contributed by atoms with van der Waals surface area (Å²) in [5, 5.41) is 3.50. The van der Waals surface area contributed by atoms with Gasteiger partial charge < -0.3 is 5.32 Å². The van der Waals surface area contributed by atoms with Gasteiger partial charge in [-0.1, -0.05) is 6.07 Å². The molecule has 0 saturated carbocycles. The third kappa shape index (κ3) is 3.35. The third-order valence-electron chi connectivity index (χ3n) is 2.83. The molecule has 2 rings (SSSR count). The Morgan fingerprint density at radius 2 is 2.35 bits per heavy atom. The van der Waals surface area contributed by atoms with Crippen molar-refractivity contribution in [2.24, 2.45) is 0 Å². The second-order valence-electron chi connectivity index (χ2n) is 4.07. The minimum absolute atomic E-state index is 0.344. The lowest BCUT2D eigenvalue weighted by Crippen LogP contribution is -2.21. The molecular weight excluding hydrogens is 230 g/mol. The van der Waals surface area contributed by atoms with Crippen LogP contribution in [-0.2, 0) is 6.42 Å². The van der Waals surface area contributed by atoms with Crippen molar-refractivity contribution in [3.8, 4) is 0 Å². The number of nitrogens with zero attached hydrogens (tertiary/aromatic N) is 2. The zero-order valence-corrected chi connectivity index (χ0v) is 11.0. The van der Waals surface area contributed by atoms with E-state index in [0.717, 1.165) is 18.7 Å². The molecule has 3 nitrogen and oxygen atoms in total. The highest BCUT2D eigenvalue weighted by Crippen LogP contribution is 2.13. The summed E-state index contributed by atoms with van der Waals surface area (Å²) in [6.45, 7) is 5.20. The summed E-state index contributed by atoms with van der Waals surface area (Å²) >= 11 is 1.73. The molecule has 0 bridgehead atoms. The Balaban J connectivity index is 1.81. The van der Waals surface area contributed by atoms with Crippen LogP contribution >= 0.6 is 11.3 Å². The van der Waals surface area contributed by atoms with Crippen LogP contribution < -0.4 is 5.32 Å². The Bertz CT molecular complexity index is 453. The standard InChI is InChI=1S/C13H17N3S/c1-10(12-4-3-6-14-8-12)15-7-5-13-11(2)16-9-17-13/h3-4,6,8-10,15H,5,7H2,1-2H3. The summed E-state index contributed by atoms with van der Waals surface area (Å²) in [6, 6.07) is 4.42. The summed E-state index contributed by atoms with van der Waals surface area (Å²) in [6.07, 6.45) is 4.76. The molecule has 2 aromatic heterocycles. The van der Waals surface area contributed by atoms with Crippen molar-refractivity contribution in [2.75, 3.05) is 6.54 Å². The number of pyridine rings is 1. The molecule has 0 saturated heterocycles. The SMILES string of the molecule is Cc1ncsc1CCNC(C)c1cccnc1. The predicted octanol–water partition coefficient (Wildman–Crippen LogP) is 2.74. The van der Waals surface area contributed by atoms with E-state index >= 15 is 0 Å². The Labute approximate surface area is 106 Å². The first-order chi connectivity index (χ1) is 8.27. The van der Waals surface area contributed by atoms with Crippen LogP contribution in [0.4, 0.5) is 0 Å². The topological polar surface area (TPSA) is 37.8 Å². The molecule has 17 heavy (non-hydrogen) atoms. The lowest BCUT2D eigenvalue weighted by molar-refractivity contribution is 0.576. The number of hydrogen-bond acceptors (Lipinski definition) is 4. The van der Waals surface area contributed by atoms with Gasteiger partial charge in [-0.25, -0.2) is 4.98 Å². The van der Waals surface area contributed by atoms with Crippen molar-refractivity contribution in [1.82, 2.24) is 15.3 Å². The molecule has 0 aromatic carbocycles. The molecule has 2 heterocycles. The fraction of sp³-hybridized carbons (Fsp3) is 0.385. The summed E-state index contributed by atoms with van der Waals surface area (Å²) in [5.74, 6) is 0. The summed E-state index contributed by atoms with van der Waals surface area (Å²) in [5.41, 5.74) is 4.30. The third-order valence-corrected chi connectivity index (χ3v) is 3.83. The number of aromatic nitrogens is 2. The van der Waals surface area contributed by atoms with Crippen LogP contribution in [0.2, 0.25) is 0 Å². The van der Waals surface area contributed by atoms with Crippen LogP contribution in [0.3, 0.4) is 0 Å². The molecule has 0 aliphatic carbocycles. The molecule has 0 radical (unpaired) electrons. The van der Waals surface area contributed by atoms with Crippen LogP contribution in [0.15, 0.2) is 30.0 Å². The Hall–Kier alpha value is -1.26. The van der Waals surface area contributed by atoms with E-state index < -0.39 is 0 Å². The van der Waals surface area contributed by atoms with Crippen LogP contribution in [0.25, 0.3) is 0 Å². The van der Waals surface area contributed by atoms with Gasteiger partial charge in [0.1, 0.15) is 0 Å². The number of hydrogen-bond donors (Lipinski definition) is 1. The maximum Gasteiger partial charge on any atom is 0.0797 e. The van der Waals surface area contributed by atoms with E-state index in [0.29, 0.717) is 6.04 Å². The van der Waals surface area contributed by atoms with E-state index in [2.05, 4.69) is 35.2 Å². The van der Waals surface area contributed by atoms with Gasteiger partial charge >= 0.3 is 0 Å². The minimum atomic E-state index is 0.344. The smallest absolute Gasteiger partial charge is 0.0797 e. The normalized spacial score (nSPS) is 12.6. The van der Waals surface area contributed by atoms with Crippen LogP contribution in [0, 0.1) is 6.92 Å². The molecular formula is C13H17N3S. The Kier molecular flexibility index (Phi) is 4.23. The van der Waals surface area contributed by atoms with Crippen LogP contribution in [0.5, 0.6) is 0 Å². The fourth-order valence-electron chi connectivity index (χ4n) is 1.72. The second kappa shape index (κ2) is 5.89. The summed E-state index contributed by atoms with van der Waals surface area (Å²) < 4.78 is 0. The molecule has 90 valence electrons. The van der Waals surface area contributed by atoms with Crippen LogP contribution in [-0.4, -0.2) is 16.5 Å². The van der Waals surface area contributed by atoms with E-state index in [9.17, 15) is 0 Å². The summed E-state index contributed by atoms with van der Waals surface area (Å²) in [7, 11) is 0. The lowest BCUT2D eigenvalue weighted by Gasteiger charge is -2.13. The average Bonchev–Trinajstić information content (AvgIpc) is 2.76. The van der Waals surface area contributed by atoms with Gasteiger partial charge in [-0.15, -0.1) is 11.3 Å². The molecule has 4 heteroatoms. The molecule has 2 aromatic rings. The first-order valence-electron chi connectivity index (χ1n) is 5.79. The maximum atomic E-state index is 4.25. The van der Waals surface area contributed by atoms with Crippen LogP contribution in [0.1, 0.15) is 29.1 Å². The van der Waals surface area contributed by atoms with E-state index in [-0.39, 0.29) is 0 Å². The van der Waals surface area contributed by atoms with Crippen molar-refractivity contribution in [3.63, 3.8) is 0 Å². The highest BCUT2D eigenvalue weighted by atomic mass is 32.1. The molecule has 0 aliphatic rings. The quantitative estimate of drug-likeness (QED) is 0.883. The van der Waals surface area contributed by atoms with Gasteiger partial charge in [0, 0.05) is 29.9 Å². The monoisotopic (exact) mass is 247 g/mol. The molecule has 0 fully saturated rings. The largest absolute Gasteiger partial charge is 0.310 e. The number of rotatable bonds is 5. The molecule has 0 amide bonds. The van der Waals surface area contributed by atoms with Crippen molar-refractivity contribution in [2.45, 2.75) is 26.3 Å². The minimum Gasteiger partial charge on any atom is -0.310 e. The van der Waals surface area contributed by atoms with Crippen molar-refractivity contribution in [1.29, 1.82) is 0 Å². The van der Waals surface area contributed by atoms with Crippen molar-refractivity contribution in [3.05, 3.63) is 46.2 Å². The van der Waals surface area contributed by atoms with Crippen molar-refractivity contribution < 1.29 is 0 Å². The Morgan fingerprint density at radius 1 is 1.47 bits per heavy atom. The molecule has 0 spiro atoms. The van der Waals surface area contributed by atoms with Gasteiger partial charge in [0.2, 0.25) is 0 Å². The Morgan fingerprint density at radius 3 is 3.00 bits per heavy atom. The summed E-state index contributed by atoms with van der Waals surface area (Å²) in [4.78, 5) is 9.75. The maximum absolute atomic E-state index is 4.25. The highest BCUT2D eigenvalue weighted by molar-refractivity contribution is 7.09. The van der Waals surface area contributed by atoms with E-state index in [4.69, 9.17) is 0 Å². The second-order valence-corrected chi connectivity index (χ2v) is 5.01. The van der Waals surface area contributed by atoms with Gasteiger partial charge in [0.15, 0.2) is 0 Å². The first-order valence-corrected chi connectivity index (χ1v) is 6.67. The zero-order chi connectivity index (χ0) is 12.1. The fourth-order valence-corrected chi connectivity index (χ4v) is 2.50. The van der Waals surface area contributed by atoms with E-state index in [1.165, 1.54) is 10.4 Å². The molecule has 1 N–H and O–H groups in total. The van der Waals surface area contributed by atoms with E-state index in [1.54, 1.807) is 17.5 Å². The number of nitrogens with one attached hydrogen (secondary N) is 1. The predicted molar refractivity (Wildman–Crippen MR) is 71.2 cm³/mol. The molecule has 1 atom stereocenters. The van der Waals surface area contributed by atoms with Gasteiger partial charge in [0.05, 0.1) is 11.2 Å². The first kappa shape index (κ1) is 12.2. The van der Waals surface area contributed by atoms with Gasteiger partial charge in [-0.3, -0.25) is 4.98 Å². The molecule has 0 aliphatic heterocycles. The lowest BCUT2D eigenvalue weighted by atomic mass is 10.1. The zero-order valence-electron chi connectivity index (χ0n) is 10.2. The number of aryl methyl sites for hydroxylation is 1. The average molecular weight is 247 g/mol. The molecule has 1 unspecified atom stereocenters. The van der Waals surface area contributed by atoms with E-state index in [1.807, 2.05) is 17.8 Å². The highest BCUT2D eigenvalue weighted by Gasteiger charge is 2.05. The van der Waals surface area contributed by atoms with Crippen molar-refractivity contribution >= 4 is 11.3 Å².